The fourth-order valence-corrected chi connectivity index (χ4v) is 3.93. The Morgan fingerprint density at radius 3 is 2.69 bits per heavy atom. The third kappa shape index (κ3) is 3.35. The molecule has 0 saturated carbocycles. The molecule has 1 aliphatic rings. The van der Waals surface area contributed by atoms with Gasteiger partial charge >= 0.3 is 0 Å². The van der Waals surface area contributed by atoms with Gasteiger partial charge in [-0.1, -0.05) is 47.5 Å². The first-order valence-corrected chi connectivity index (χ1v) is 9.16. The zero-order chi connectivity index (χ0) is 18.1. The minimum absolute atomic E-state index is 0.0262. The number of nitrogens with zero attached hydrogens (tertiary/aromatic N) is 3. The summed E-state index contributed by atoms with van der Waals surface area (Å²) in [7, 11) is 0. The van der Waals surface area contributed by atoms with Crippen molar-refractivity contribution in [3.63, 3.8) is 0 Å². The summed E-state index contributed by atoms with van der Waals surface area (Å²) in [6, 6.07) is 13.3. The second-order valence-corrected chi connectivity index (χ2v) is 7.29. The lowest BCUT2D eigenvalue weighted by atomic mass is 9.93. The van der Waals surface area contributed by atoms with E-state index in [0.29, 0.717) is 28.7 Å². The van der Waals surface area contributed by atoms with Crippen LogP contribution in [0.2, 0.25) is 10.0 Å². The molecule has 0 radical (unpaired) electrons. The number of aromatic nitrogens is 2. The van der Waals surface area contributed by atoms with Crippen LogP contribution in [0.4, 0.5) is 0 Å². The van der Waals surface area contributed by atoms with Crippen molar-refractivity contribution in [3.8, 4) is 0 Å². The van der Waals surface area contributed by atoms with Crippen LogP contribution in [0.5, 0.6) is 0 Å². The Morgan fingerprint density at radius 2 is 1.96 bits per heavy atom. The number of benzene rings is 2. The second kappa shape index (κ2) is 7.14. The summed E-state index contributed by atoms with van der Waals surface area (Å²) in [6.45, 7) is 1.25. The maximum Gasteiger partial charge on any atom is 0.255 e. The van der Waals surface area contributed by atoms with Gasteiger partial charge in [-0.2, -0.15) is 0 Å². The molecule has 1 unspecified atom stereocenters. The van der Waals surface area contributed by atoms with Crippen LogP contribution in [0.25, 0.3) is 0 Å². The van der Waals surface area contributed by atoms with Gasteiger partial charge in [-0.3, -0.25) is 4.79 Å². The van der Waals surface area contributed by atoms with Crippen LogP contribution in [0.15, 0.2) is 61.2 Å². The highest BCUT2D eigenvalue weighted by Crippen LogP contribution is 2.29. The Balaban J connectivity index is 1.69. The predicted molar refractivity (Wildman–Crippen MR) is 102 cm³/mol. The van der Waals surface area contributed by atoms with Crippen molar-refractivity contribution in [3.05, 3.63) is 87.9 Å². The standard InChI is InChI=1S/C20H17Cl2N3O/c21-16-5-6-18(19(22)10-16)20(26)25-11-15-4-2-1-3-14(15)9-17(25)12-24-8-7-23-13-24/h1-8,10,13,17H,9,11-12H2. The van der Waals surface area contributed by atoms with Crippen LogP contribution in [-0.4, -0.2) is 26.4 Å². The van der Waals surface area contributed by atoms with Crippen LogP contribution in [0.3, 0.4) is 0 Å². The number of carbonyl (C=O) groups excluding carboxylic acids is 1. The molecule has 0 aliphatic carbocycles. The van der Waals surface area contributed by atoms with E-state index in [-0.39, 0.29) is 11.9 Å². The lowest BCUT2D eigenvalue weighted by Gasteiger charge is -2.37. The van der Waals surface area contributed by atoms with Crippen molar-refractivity contribution < 1.29 is 4.79 Å². The van der Waals surface area contributed by atoms with E-state index in [1.165, 1.54) is 11.1 Å². The fourth-order valence-electron chi connectivity index (χ4n) is 3.44. The molecule has 1 aromatic heterocycles. The Bertz CT molecular complexity index is 940. The third-order valence-corrected chi connectivity index (χ3v) is 5.31. The van der Waals surface area contributed by atoms with E-state index < -0.39 is 0 Å². The molecule has 6 heteroatoms. The first-order chi connectivity index (χ1) is 12.6. The smallest absolute Gasteiger partial charge is 0.255 e. The lowest BCUT2D eigenvalue weighted by Crippen LogP contribution is -2.46. The minimum atomic E-state index is -0.0775. The number of rotatable bonds is 3. The van der Waals surface area contributed by atoms with Gasteiger partial charge in [0.15, 0.2) is 0 Å². The van der Waals surface area contributed by atoms with E-state index in [4.69, 9.17) is 23.2 Å². The van der Waals surface area contributed by atoms with E-state index in [0.717, 1.165) is 6.42 Å². The molecule has 1 aliphatic heterocycles. The van der Waals surface area contributed by atoms with Crippen molar-refractivity contribution in [1.82, 2.24) is 14.5 Å². The van der Waals surface area contributed by atoms with Gasteiger partial charge in [0, 0.05) is 30.5 Å². The van der Waals surface area contributed by atoms with E-state index in [1.54, 1.807) is 30.7 Å². The molecule has 4 nitrogen and oxygen atoms in total. The topological polar surface area (TPSA) is 38.1 Å². The maximum absolute atomic E-state index is 13.3. The summed E-state index contributed by atoms with van der Waals surface area (Å²) in [4.78, 5) is 19.3. The summed E-state index contributed by atoms with van der Waals surface area (Å²) in [5.74, 6) is -0.0775. The van der Waals surface area contributed by atoms with Gasteiger partial charge in [-0.15, -0.1) is 0 Å². The molecule has 1 atom stereocenters. The van der Waals surface area contributed by atoms with Crippen molar-refractivity contribution in [2.45, 2.75) is 25.6 Å². The highest BCUT2D eigenvalue weighted by Gasteiger charge is 2.31. The normalized spacial score (nSPS) is 16.4. The van der Waals surface area contributed by atoms with Gasteiger partial charge in [0.05, 0.1) is 23.0 Å². The average Bonchev–Trinajstić information content (AvgIpc) is 3.14. The SMILES string of the molecule is O=C(c1ccc(Cl)cc1Cl)N1Cc2ccccc2CC1Cn1ccnc1. The largest absolute Gasteiger partial charge is 0.335 e. The van der Waals surface area contributed by atoms with Crippen LogP contribution >= 0.6 is 23.2 Å². The van der Waals surface area contributed by atoms with E-state index in [9.17, 15) is 4.79 Å². The molecule has 0 fully saturated rings. The van der Waals surface area contributed by atoms with Crippen molar-refractivity contribution in [2.24, 2.45) is 0 Å². The molecule has 0 N–H and O–H groups in total. The Morgan fingerprint density at radius 1 is 1.15 bits per heavy atom. The minimum Gasteiger partial charge on any atom is -0.335 e. The highest BCUT2D eigenvalue weighted by molar-refractivity contribution is 6.36. The zero-order valence-electron chi connectivity index (χ0n) is 14.0. The van der Waals surface area contributed by atoms with E-state index in [1.807, 2.05) is 27.8 Å². The predicted octanol–water partition coefficient (Wildman–Crippen LogP) is 4.46. The maximum atomic E-state index is 13.3. The third-order valence-electron chi connectivity index (χ3n) is 4.76. The van der Waals surface area contributed by atoms with Crippen molar-refractivity contribution in [1.29, 1.82) is 0 Å². The van der Waals surface area contributed by atoms with Gasteiger partial charge in [0.1, 0.15) is 0 Å². The molecule has 0 saturated heterocycles. The number of hydrogen-bond acceptors (Lipinski definition) is 2. The van der Waals surface area contributed by atoms with Gasteiger partial charge in [0.25, 0.3) is 5.91 Å². The molecule has 0 spiro atoms. The Kier molecular flexibility index (Phi) is 4.70. The molecule has 132 valence electrons. The first-order valence-electron chi connectivity index (χ1n) is 8.40. The molecular weight excluding hydrogens is 369 g/mol. The van der Waals surface area contributed by atoms with Crippen LogP contribution in [0, 0.1) is 0 Å². The Hall–Kier alpha value is -2.30. The quantitative estimate of drug-likeness (QED) is 0.667. The molecule has 0 bridgehead atoms. The number of halogens is 2. The second-order valence-electron chi connectivity index (χ2n) is 6.44. The van der Waals surface area contributed by atoms with Gasteiger partial charge in [0.2, 0.25) is 0 Å². The molecular formula is C20H17Cl2N3O. The number of amides is 1. The highest BCUT2D eigenvalue weighted by atomic mass is 35.5. The first kappa shape index (κ1) is 17.1. The molecule has 4 rings (SSSR count). The number of hydrogen-bond donors (Lipinski definition) is 0. The number of fused-ring (bicyclic) bond motifs is 1. The summed E-state index contributed by atoms with van der Waals surface area (Å²) in [5, 5.41) is 0.897. The fraction of sp³-hybridized carbons (Fsp3) is 0.200. The summed E-state index contributed by atoms with van der Waals surface area (Å²) in [6.07, 6.45) is 6.24. The van der Waals surface area contributed by atoms with E-state index >= 15 is 0 Å². The van der Waals surface area contributed by atoms with Crippen LogP contribution in [-0.2, 0) is 19.5 Å². The molecule has 2 aromatic carbocycles. The van der Waals surface area contributed by atoms with Crippen molar-refractivity contribution in [2.75, 3.05) is 0 Å². The molecule has 3 aromatic rings. The molecule has 1 amide bonds. The summed E-state index contributed by atoms with van der Waals surface area (Å²) >= 11 is 12.3. The lowest BCUT2D eigenvalue weighted by molar-refractivity contribution is 0.0619. The molecule has 2 heterocycles. The van der Waals surface area contributed by atoms with Crippen LogP contribution < -0.4 is 0 Å². The summed E-state index contributed by atoms with van der Waals surface area (Å²) in [5.41, 5.74) is 2.93. The van der Waals surface area contributed by atoms with Crippen molar-refractivity contribution >= 4 is 29.1 Å². The van der Waals surface area contributed by atoms with Crippen LogP contribution in [0.1, 0.15) is 21.5 Å². The summed E-state index contributed by atoms with van der Waals surface area (Å²) < 4.78 is 2.00. The monoisotopic (exact) mass is 385 g/mol. The van der Waals surface area contributed by atoms with Gasteiger partial charge in [-0.25, -0.2) is 4.98 Å². The van der Waals surface area contributed by atoms with Gasteiger partial charge < -0.3 is 9.47 Å². The number of carbonyl (C=O) groups is 1. The van der Waals surface area contributed by atoms with E-state index in [2.05, 4.69) is 17.1 Å². The van der Waals surface area contributed by atoms with Gasteiger partial charge in [-0.05, 0) is 35.7 Å². The average molecular weight is 386 g/mol. The Labute approximate surface area is 162 Å². The molecule has 26 heavy (non-hydrogen) atoms. The number of imidazole rings is 1. The zero-order valence-corrected chi connectivity index (χ0v) is 15.5.